The fourth-order valence-electron chi connectivity index (χ4n) is 2.08. The van der Waals surface area contributed by atoms with Crippen LogP contribution in [0, 0.1) is 19.8 Å². The van der Waals surface area contributed by atoms with Crippen molar-refractivity contribution in [3.8, 4) is 5.75 Å². The van der Waals surface area contributed by atoms with Crippen LogP contribution in [0.4, 0.5) is 5.69 Å². The molecule has 1 N–H and O–H groups in total. The van der Waals surface area contributed by atoms with E-state index in [1.807, 2.05) is 0 Å². The normalized spacial score (nSPS) is 23.6. The first kappa shape index (κ1) is 11.3. The van der Waals surface area contributed by atoms with Crippen LogP contribution < -0.4 is 10.1 Å². The van der Waals surface area contributed by atoms with Crippen molar-refractivity contribution in [3.05, 3.63) is 23.3 Å². The fourth-order valence-corrected chi connectivity index (χ4v) is 2.08. The van der Waals surface area contributed by atoms with Gasteiger partial charge in [-0.15, -0.1) is 0 Å². The zero-order chi connectivity index (χ0) is 11.9. The van der Waals surface area contributed by atoms with Crippen molar-refractivity contribution in [2.24, 2.45) is 5.92 Å². The molecule has 88 valence electrons. The van der Waals surface area contributed by atoms with Gasteiger partial charge >= 0.3 is 0 Å². The molecule has 1 atom stereocenters. The molecule has 2 rings (SSSR count). The van der Waals surface area contributed by atoms with Crippen LogP contribution in [0.1, 0.15) is 31.9 Å². The van der Waals surface area contributed by atoms with E-state index < -0.39 is 0 Å². The third kappa shape index (κ3) is 1.77. The number of rotatable bonds is 1. The van der Waals surface area contributed by atoms with Crippen LogP contribution >= 0.6 is 0 Å². The lowest BCUT2D eigenvalue weighted by Crippen LogP contribution is -2.47. The van der Waals surface area contributed by atoms with Crippen LogP contribution in [-0.2, 0) is 0 Å². The van der Waals surface area contributed by atoms with Crippen molar-refractivity contribution in [3.63, 3.8) is 0 Å². The molecule has 0 fully saturated rings. The number of hydrogen-bond acceptors (Lipinski definition) is 2. The minimum Gasteiger partial charge on any atom is -0.483 e. The third-order valence-electron chi connectivity index (χ3n) is 3.61. The largest absolute Gasteiger partial charge is 0.483 e. The summed E-state index contributed by atoms with van der Waals surface area (Å²) in [6, 6.07) is 4.33. The molecule has 16 heavy (non-hydrogen) atoms. The summed E-state index contributed by atoms with van der Waals surface area (Å²) in [5.41, 5.74) is 3.53. The highest BCUT2D eigenvalue weighted by Gasteiger charge is 2.35. The molecule has 0 bridgehead atoms. The molecule has 1 aliphatic rings. The fraction of sp³-hybridized carbons (Fsp3) is 0.571. The predicted octanol–water partition coefficient (Wildman–Crippen LogP) is 3.52. The van der Waals surface area contributed by atoms with Crippen molar-refractivity contribution in [2.45, 2.75) is 40.2 Å². The predicted molar refractivity (Wildman–Crippen MR) is 68.3 cm³/mol. The van der Waals surface area contributed by atoms with Gasteiger partial charge in [0.05, 0.1) is 12.2 Å². The van der Waals surface area contributed by atoms with E-state index in [0.717, 1.165) is 18.0 Å². The Morgan fingerprint density at radius 1 is 1.31 bits per heavy atom. The maximum atomic E-state index is 6.20. The van der Waals surface area contributed by atoms with Crippen molar-refractivity contribution >= 4 is 5.69 Å². The second-order valence-electron chi connectivity index (χ2n) is 5.38. The third-order valence-corrected chi connectivity index (χ3v) is 3.61. The second-order valence-corrected chi connectivity index (χ2v) is 5.38. The van der Waals surface area contributed by atoms with E-state index in [-0.39, 0.29) is 5.60 Å². The smallest absolute Gasteiger partial charge is 0.146 e. The van der Waals surface area contributed by atoms with Gasteiger partial charge in [0, 0.05) is 0 Å². The summed E-state index contributed by atoms with van der Waals surface area (Å²) in [5, 5.41) is 3.49. The molecular weight excluding hydrogens is 198 g/mol. The lowest BCUT2D eigenvalue weighted by molar-refractivity contribution is 0.0468. The highest BCUT2D eigenvalue weighted by Crippen LogP contribution is 2.39. The van der Waals surface area contributed by atoms with E-state index in [2.05, 4.69) is 52.1 Å². The number of anilines is 1. The quantitative estimate of drug-likeness (QED) is 0.780. The summed E-state index contributed by atoms with van der Waals surface area (Å²) >= 11 is 0. The maximum absolute atomic E-state index is 6.20. The first-order valence-electron chi connectivity index (χ1n) is 5.96. The van der Waals surface area contributed by atoms with E-state index in [1.165, 1.54) is 11.1 Å². The molecule has 0 aromatic heterocycles. The molecule has 2 heteroatoms. The van der Waals surface area contributed by atoms with Crippen LogP contribution in [-0.4, -0.2) is 12.1 Å². The van der Waals surface area contributed by atoms with Crippen molar-refractivity contribution < 1.29 is 4.74 Å². The minimum absolute atomic E-state index is 0.104. The Labute approximate surface area is 98.0 Å². The first-order chi connectivity index (χ1) is 7.42. The number of benzene rings is 1. The van der Waals surface area contributed by atoms with E-state index in [9.17, 15) is 0 Å². The molecular formula is C14H21NO. The van der Waals surface area contributed by atoms with Gasteiger partial charge in [-0.1, -0.05) is 19.9 Å². The molecule has 1 aliphatic heterocycles. The lowest BCUT2D eigenvalue weighted by Gasteiger charge is -2.40. The molecule has 1 aromatic carbocycles. The summed E-state index contributed by atoms with van der Waals surface area (Å²) in [7, 11) is 0. The number of aryl methyl sites for hydroxylation is 2. The van der Waals surface area contributed by atoms with Gasteiger partial charge in [0.2, 0.25) is 0 Å². The Bertz CT molecular complexity index is 411. The maximum Gasteiger partial charge on any atom is 0.146 e. The van der Waals surface area contributed by atoms with Crippen molar-refractivity contribution in [2.75, 3.05) is 11.9 Å². The lowest BCUT2D eigenvalue weighted by atomic mass is 9.90. The minimum atomic E-state index is -0.104. The SMILES string of the molecule is Cc1cc(C)c2c(c1)NCC(C)(C(C)C)O2. The first-order valence-corrected chi connectivity index (χ1v) is 5.96. The summed E-state index contributed by atoms with van der Waals surface area (Å²) in [6.07, 6.45) is 0. The van der Waals surface area contributed by atoms with Gasteiger partial charge < -0.3 is 10.1 Å². The molecule has 1 aromatic rings. The molecule has 0 saturated carbocycles. The molecule has 0 radical (unpaired) electrons. The summed E-state index contributed by atoms with van der Waals surface area (Å²) in [5.74, 6) is 1.52. The number of hydrogen-bond donors (Lipinski definition) is 1. The summed E-state index contributed by atoms with van der Waals surface area (Å²) in [4.78, 5) is 0. The average Bonchev–Trinajstić information content (AvgIpc) is 2.19. The molecule has 0 amide bonds. The van der Waals surface area contributed by atoms with Crippen LogP contribution in [0.25, 0.3) is 0 Å². The van der Waals surface area contributed by atoms with E-state index in [4.69, 9.17) is 4.74 Å². The van der Waals surface area contributed by atoms with Crippen molar-refractivity contribution in [1.82, 2.24) is 0 Å². The molecule has 0 spiro atoms. The average molecular weight is 219 g/mol. The van der Waals surface area contributed by atoms with Gasteiger partial charge in [0.1, 0.15) is 11.4 Å². The number of ether oxygens (including phenoxy) is 1. The van der Waals surface area contributed by atoms with Crippen molar-refractivity contribution in [1.29, 1.82) is 0 Å². The molecule has 0 saturated heterocycles. The van der Waals surface area contributed by atoms with Gasteiger partial charge in [-0.05, 0) is 43.9 Å². The summed E-state index contributed by atoms with van der Waals surface area (Å²) in [6.45, 7) is 11.7. The zero-order valence-corrected chi connectivity index (χ0v) is 10.8. The van der Waals surface area contributed by atoms with E-state index >= 15 is 0 Å². The molecule has 2 nitrogen and oxygen atoms in total. The molecule has 1 unspecified atom stereocenters. The standard InChI is InChI=1S/C14H21NO/c1-9(2)14(5)8-15-12-7-10(3)6-11(4)13(12)16-14/h6-7,9,15H,8H2,1-5H3. The van der Waals surface area contributed by atoms with Gasteiger partial charge in [-0.2, -0.15) is 0 Å². The Kier molecular flexibility index (Phi) is 2.61. The van der Waals surface area contributed by atoms with Crippen LogP contribution in [0.2, 0.25) is 0 Å². The van der Waals surface area contributed by atoms with Gasteiger partial charge in [0.25, 0.3) is 0 Å². The van der Waals surface area contributed by atoms with Crippen LogP contribution in [0.3, 0.4) is 0 Å². The Morgan fingerprint density at radius 2 is 2.00 bits per heavy atom. The highest BCUT2D eigenvalue weighted by molar-refractivity contribution is 5.63. The number of nitrogens with one attached hydrogen (secondary N) is 1. The van der Waals surface area contributed by atoms with E-state index in [0.29, 0.717) is 5.92 Å². The molecule has 0 aliphatic carbocycles. The van der Waals surface area contributed by atoms with Gasteiger partial charge in [0.15, 0.2) is 0 Å². The highest BCUT2D eigenvalue weighted by atomic mass is 16.5. The Balaban J connectivity index is 2.41. The topological polar surface area (TPSA) is 21.3 Å². The van der Waals surface area contributed by atoms with Gasteiger partial charge in [-0.25, -0.2) is 0 Å². The van der Waals surface area contributed by atoms with Crippen LogP contribution in [0.5, 0.6) is 5.75 Å². The van der Waals surface area contributed by atoms with E-state index in [1.54, 1.807) is 0 Å². The Hall–Kier alpha value is -1.18. The summed E-state index contributed by atoms with van der Waals surface area (Å²) < 4.78 is 6.20. The van der Waals surface area contributed by atoms with Crippen LogP contribution in [0.15, 0.2) is 12.1 Å². The Morgan fingerprint density at radius 3 is 2.62 bits per heavy atom. The van der Waals surface area contributed by atoms with Gasteiger partial charge in [-0.3, -0.25) is 0 Å². The molecule has 1 heterocycles. The monoisotopic (exact) mass is 219 g/mol. The number of fused-ring (bicyclic) bond motifs is 1. The second kappa shape index (κ2) is 3.69. The zero-order valence-electron chi connectivity index (χ0n) is 10.8.